The van der Waals surface area contributed by atoms with Crippen LogP contribution in [0, 0.1) is 5.92 Å². The minimum Gasteiger partial charge on any atom is -0.356 e. The molecule has 2 rings (SSSR count). The van der Waals surface area contributed by atoms with E-state index in [4.69, 9.17) is 5.73 Å². The van der Waals surface area contributed by atoms with E-state index in [1.165, 1.54) is 11.1 Å². The lowest BCUT2D eigenvalue weighted by molar-refractivity contribution is -0.125. The fraction of sp³-hybridized carbons (Fsp3) is 0.562. The van der Waals surface area contributed by atoms with Crippen LogP contribution >= 0.6 is 0 Å². The molecule has 0 fully saturated rings. The Labute approximate surface area is 115 Å². The van der Waals surface area contributed by atoms with Gasteiger partial charge in [-0.2, -0.15) is 0 Å². The molecular weight excluding hydrogens is 236 g/mol. The summed E-state index contributed by atoms with van der Waals surface area (Å²) in [6.07, 6.45) is 6.08. The Balaban J connectivity index is 1.76. The Hall–Kier alpha value is -1.35. The molecule has 0 bridgehead atoms. The standard InChI is InChI=1S/C16H24N2O/c17-10-4-1-5-11-18-16(19)15-9-8-13-6-2-3-7-14(13)12-15/h2-3,6-7,15H,1,4-5,8-12,17H2,(H,18,19). The summed E-state index contributed by atoms with van der Waals surface area (Å²) in [5.74, 6) is 0.381. The van der Waals surface area contributed by atoms with Crippen LogP contribution in [-0.2, 0) is 17.6 Å². The van der Waals surface area contributed by atoms with Gasteiger partial charge in [-0.05, 0) is 49.8 Å². The first-order valence-electron chi connectivity index (χ1n) is 7.36. The van der Waals surface area contributed by atoms with E-state index in [1.54, 1.807) is 0 Å². The number of aryl methyl sites for hydroxylation is 1. The van der Waals surface area contributed by atoms with Crippen molar-refractivity contribution in [1.82, 2.24) is 5.32 Å². The van der Waals surface area contributed by atoms with Crippen LogP contribution in [0.5, 0.6) is 0 Å². The van der Waals surface area contributed by atoms with Gasteiger partial charge in [-0.15, -0.1) is 0 Å². The summed E-state index contributed by atoms with van der Waals surface area (Å²) in [4.78, 5) is 12.1. The largest absolute Gasteiger partial charge is 0.356 e. The van der Waals surface area contributed by atoms with Crippen LogP contribution in [0.3, 0.4) is 0 Å². The topological polar surface area (TPSA) is 55.1 Å². The van der Waals surface area contributed by atoms with Gasteiger partial charge in [0.1, 0.15) is 0 Å². The first-order chi connectivity index (χ1) is 9.31. The molecule has 0 radical (unpaired) electrons. The summed E-state index contributed by atoms with van der Waals surface area (Å²) in [5.41, 5.74) is 8.20. The number of unbranched alkanes of at least 4 members (excludes halogenated alkanes) is 2. The second-order valence-corrected chi connectivity index (χ2v) is 5.35. The molecule has 0 spiro atoms. The van der Waals surface area contributed by atoms with Crippen LogP contribution in [0.15, 0.2) is 24.3 Å². The molecule has 3 nitrogen and oxygen atoms in total. The zero-order valence-corrected chi connectivity index (χ0v) is 11.5. The van der Waals surface area contributed by atoms with Crippen LogP contribution in [0.2, 0.25) is 0 Å². The number of fused-ring (bicyclic) bond motifs is 1. The van der Waals surface area contributed by atoms with Crippen LogP contribution in [0.25, 0.3) is 0 Å². The van der Waals surface area contributed by atoms with E-state index in [2.05, 4.69) is 29.6 Å². The van der Waals surface area contributed by atoms with Gasteiger partial charge in [0.05, 0.1) is 0 Å². The maximum absolute atomic E-state index is 12.1. The smallest absolute Gasteiger partial charge is 0.223 e. The van der Waals surface area contributed by atoms with Crippen molar-refractivity contribution in [2.45, 2.75) is 38.5 Å². The fourth-order valence-electron chi connectivity index (χ4n) is 2.72. The number of carbonyl (C=O) groups is 1. The van der Waals surface area contributed by atoms with Gasteiger partial charge < -0.3 is 11.1 Å². The molecule has 1 unspecified atom stereocenters. The highest BCUT2D eigenvalue weighted by atomic mass is 16.1. The molecule has 1 aromatic rings. The highest BCUT2D eigenvalue weighted by Gasteiger charge is 2.23. The molecule has 0 aromatic heterocycles. The highest BCUT2D eigenvalue weighted by molar-refractivity contribution is 5.79. The van der Waals surface area contributed by atoms with E-state index in [-0.39, 0.29) is 11.8 Å². The number of hydrogen-bond acceptors (Lipinski definition) is 2. The molecule has 3 heteroatoms. The van der Waals surface area contributed by atoms with Gasteiger partial charge in [0.25, 0.3) is 0 Å². The van der Waals surface area contributed by atoms with Crippen molar-refractivity contribution in [2.24, 2.45) is 11.7 Å². The van der Waals surface area contributed by atoms with Gasteiger partial charge in [0.2, 0.25) is 5.91 Å². The number of benzene rings is 1. The van der Waals surface area contributed by atoms with E-state index in [0.717, 1.165) is 51.6 Å². The van der Waals surface area contributed by atoms with Crippen molar-refractivity contribution in [2.75, 3.05) is 13.1 Å². The SMILES string of the molecule is NCCCCCNC(=O)C1CCc2ccccc2C1. The molecule has 0 heterocycles. The molecule has 3 N–H and O–H groups in total. The van der Waals surface area contributed by atoms with Crippen LogP contribution in [0.1, 0.15) is 36.8 Å². The van der Waals surface area contributed by atoms with Crippen molar-refractivity contribution in [3.05, 3.63) is 35.4 Å². The fourth-order valence-corrected chi connectivity index (χ4v) is 2.72. The van der Waals surface area contributed by atoms with Crippen molar-refractivity contribution < 1.29 is 4.79 Å². The molecule has 1 atom stereocenters. The zero-order valence-electron chi connectivity index (χ0n) is 11.5. The zero-order chi connectivity index (χ0) is 13.5. The lowest BCUT2D eigenvalue weighted by Gasteiger charge is -2.23. The summed E-state index contributed by atoms with van der Waals surface area (Å²) < 4.78 is 0. The van der Waals surface area contributed by atoms with Gasteiger partial charge in [-0.3, -0.25) is 4.79 Å². The lowest BCUT2D eigenvalue weighted by Crippen LogP contribution is -2.34. The van der Waals surface area contributed by atoms with Gasteiger partial charge in [-0.25, -0.2) is 0 Å². The van der Waals surface area contributed by atoms with Crippen LogP contribution < -0.4 is 11.1 Å². The van der Waals surface area contributed by atoms with E-state index in [0.29, 0.717) is 0 Å². The van der Waals surface area contributed by atoms with Gasteiger partial charge in [0, 0.05) is 12.5 Å². The van der Waals surface area contributed by atoms with Gasteiger partial charge >= 0.3 is 0 Å². The third-order valence-electron chi connectivity index (χ3n) is 3.90. The molecule has 19 heavy (non-hydrogen) atoms. The third kappa shape index (κ3) is 4.06. The predicted molar refractivity (Wildman–Crippen MR) is 77.9 cm³/mol. The Morgan fingerprint density at radius 3 is 2.79 bits per heavy atom. The highest BCUT2D eigenvalue weighted by Crippen LogP contribution is 2.25. The molecule has 1 aliphatic carbocycles. The maximum atomic E-state index is 12.1. The Kier molecular flexibility index (Phi) is 5.40. The molecular formula is C16H24N2O. The van der Waals surface area contributed by atoms with Crippen LogP contribution in [0.4, 0.5) is 0 Å². The second-order valence-electron chi connectivity index (χ2n) is 5.35. The van der Waals surface area contributed by atoms with Crippen molar-refractivity contribution in [3.63, 3.8) is 0 Å². The summed E-state index contributed by atoms with van der Waals surface area (Å²) in [6, 6.07) is 8.47. The number of hydrogen-bond donors (Lipinski definition) is 2. The number of carbonyl (C=O) groups excluding carboxylic acids is 1. The average molecular weight is 260 g/mol. The van der Waals surface area contributed by atoms with Crippen molar-refractivity contribution in [3.8, 4) is 0 Å². The molecule has 1 aliphatic rings. The summed E-state index contributed by atoms with van der Waals surface area (Å²) >= 11 is 0. The molecule has 104 valence electrons. The minimum absolute atomic E-state index is 0.157. The Bertz CT molecular complexity index is 417. The minimum atomic E-state index is 0.157. The number of rotatable bonds is 6. The molecule has 0 saturated heterocycles. The predicted octanol–water partition coefficient (Wildman–Crippen LogP) is 2.04. The maximum Gasteiger partial charge on any atom is 0.223 e. The first-order valence-corrected chi connectivity index (χ1v) is 7.36. The van der Waals surface area contributed by atoms with Gasteiger partial charge in [-0.1, -0.05) is 30.7 Å². The third-order valence-corrected chi connectivity index (χ3v) is 3.90. The summed E-state index contributed by atoms with van der Waals surface area (Å²) in [5, 5.41) is 3.06. The first kappa shape index (κ1) is 14.1. The second kappa shape index (κ2) is 7.29. The van der Waals surface area contributed by atoms with E-state index in [9.17, 15) is 4.79 Å². The van der Waals surface area contributed by atoms with E-state index in [1.807, 2.05) is 0 Å². The van der Waals surface area contributed by atoms with E-state index >= 15 is 0 Å². The average Bonchev–Trinajstić information content (AvgIpc) is 2.46. The van der Waals surface area contributed by atoms with Gasteiger partial charge in [0.15, 0.2) is 0 Å². The normalized spacial score (nSPS) is 17.8. The molecule has 0 saturated carbocycles. The summed E-state index contributed by atoms with van der Waals surface area (Å²) in [7, 11) is 0. The lowest BCUT2D eigenvalue weighted by atomic mass is 9.83. The molecule has 1 amide bonds. The number of nitrogens with two attached hydrogens (primary N) is 1. The molecule has 1 aromatic carbocycles. The number of nitrogens with one attached hydrogen (secondary N) is 1. The quantitative estimate of drug-likeness (QED) is 0.769. The molecule has 0 aliphatic heterocycles. The Morgan fingerprint density at radius 2 is 2.00 bits per heavy atom. The summed E-state index contributed by atoms with van der Waals surface area (Å²) in [6.45, 7) is 1.53. The van der Waals surface area contributed by atoms with Crippen LogP contribution in [-0.4, -0.2) is 19.0 Å². The number of amides is 1. The Morgan fingerprint density at radius 1 is 1.21 bits per heavy atom. The van der Waals surface area contributed by atoms with E-state index < -0.39 is 0 Å². The van der Waals surface area contributed by atoms with Crippen molar-refractivity contribution in [1.29, 1.82) is 0 Å². The van der Waals surface area contributed by atoms with Crippen molar-refractivity contribution >= 4 is 5.91 Å². The monoisotopic (exact) mass is 260 g/mol.